The average molecular weight is 1140 g/mol. The van der Waals surface area contributed by atoms with E-state index in [1.54, 1.807) is 84.2 Å². The summed E-state index contributed by atoms with van der Waals surface area (Å²) in [5, 5.41) is 20.2. The molecule has 27 heteroatoms. The van der Waals surface area contributed by atoms with E-state index in [4.69, 9.17) is 25.2 Å². The van der Waals surface area contributed by atoms with Crippen LogP contribution in [0.2, 0.25) is 5.02 Å². The van der Waals surface area contributed by atoms with E-state index >= 15 is 0 Å². The summed E-state index contributed by atoms with van der Waals surface area (Å²) in [6.07, 6.45) is 11.1. The van der Waals surface area contributed by atoms with Crippen LogP contribution in [0.3, 0.4) is 0 Å². The van der Waals surface area contributed by atoms with Crippen molar-refractivity contribution in [2.24, 2.45) is 0 Å². The van der Waals surface area contributed by atoms with Crippen molar-refractivity contribution in [1.29, 1.82) is 0 Å². The van der Waals surface area contributed by atoms with Crippen LogP contribution in [0.25, 0.3) is 34.8 Å². The Kier molecular flexibility index (Phi) is 16.2. The number of aryl methyl sites for hydroxylation is 1. The third kappa shape index (κ3) is 12.1. The molecule has 3 aromatic carbocycles. The predicted octanol–water partition coefficient (Wildman–Crippen LogP) is 11.0. The first kappa shape index (κ1) is 55.6. The van der Waals surface area contributed by atoms with Crippen molar-refractivity contribution in [3.63, 3.8) is 0 Å². The normalized spacial score (nSPS) is 16.1. The number of aromatic nitrogens is 9. The zero-order valence-corrected chi connectivity index (χ0v) is 44.6. The smallest absolute Gasteiger partial charge is 0.322 e. The minimum Gasteiger partial charge on any atom is -0.352 e. The SMILES string of the molecule is CC1Cc2noc(-c3ncccn3)c2CN1C(=O)Nc1cc(F)c(F)c(F)c1.CC1Cc2noc(-c3ncccn3)c2CN1C(=O)Nc1ccc(F)c(Cl)c1.Cc1cc(NC(=O)N2Cc3c(noc3-c3ncccn3)CC2C)ccc1F. The van der Waals surface area contributed by atoms with Gasteiger partial charge in [-0.3, -0.25) is 0 Å². The van der Waals surface area contributed by atoms with Crippen LogP contribution < -0.4 is 16.0 Å². The van der Waals surface area contributed by atoms with Crippen molar-refractivity contribution >= 4 is 46.8 Å². The van der Waals surface area contributed by atoms with Gasteiger partial charge in [0.2, 0.25) is 17.3 Å². The summed E-state index contributed by atoms with van der Waals surface area (Å²) in [5.41, 5.74) is 5.81. The lowest BCUT2D eigenvalue weighted by Gasteiger charge is -2.32. The molecule has 3 aliphatic heterocycles. The standard InChI is InChI=1S/C19H18FN5O2.C18H15ClFN5O2.C18H14F3N5O2/c1-11-8-13(4-5-15(11)20)23-19(26)25-10-14-16(9-12(25)2)24-27-17(14)18-21-6-3-7-22-18;1-10-7-15-12(16(27-24-15)17-21-5-2-6-22-17)9-25(10)18(26)23-11-3-4-14(20)13(19)8-11;1-9-5-14-11(16(28-25-14)17-22-3-2-4-23-17)8-26(9)18(27)24-10-6-12(19)15(21)13(20)7-10/h3-8,12H,9-10H2,1-2H3,(H,23,26);2-6,8,10H,7,9H2,1H3,(H,23,26);2-4,6-7,9H,5,8H2,1H3,(H,24,27). The molecule has 0 saturated heterocycles. The Morgan fingerprint density at radius 1 is 0.488 bits per heavy atom. The Balaban J connectivity index is 0.000000138. The number of urea groups is 3. The van der Waals surface area contributed by atoms with E-state index in [2.05, 4.69) is 61.3 Å². The summed E-state index contributed by atoms with van der Waals surface area (Å²) in [5.74, 6) is -2.70. The van der Waals surface area contributed by atoms with Crippen LogP contribution >= 0.6 is 11.6 Å². The number of nitrogens with one attached hydrogen (secondary N) is 3. The van der Waals surface area contributed by atoms with Crippen molar-refractivity contribution in [2.75, 3.05) is 16.0 Å². The van der Waals surface area contributed by atoms with E-state index < -0.39 is 29.3 Å². The second-order valence-electron chi connectivity index (χ2n) is 19.2. The Labute approximate surface area is 467 Å². The number of carbonyl (C=O) groups excluding carboxylic acids is 3. The van der Waals surface area contributed by atoms with Gasteiger partial charge in [0.1, 0.15) is 11.6 Å². The largest absolute Gasteiger partial charge is 0.352 e. The Morgan fingerprint density at radius 2 is 0.829 bits per heavy atom. The van der Waals surface area contributed by atoms with Gasteiger partial charge >= 0.3 is 18.1 Å². The fraction of sp³-hybridized carbons (Fsp3) is 0.236. The molecule has 0 aliphatic carbocycles. The molecule has 21 nitrogen and oxygen atoms in total. The summed E-state index contributed by atoms with van der Waals surface area (Å²) in [6.45, 7) is 8.12. The van der Waals surface area contributed by atoms with Crippen molar-refractivity contribution in [3.05, 3.63) is 177 Å². The molecule has 9 heterocycles. The van der Waals surface area contributed by atoms with E-state index in [1.165, 1.54) is 29.2 Å². The molecule has 0 radical (unpaired) electrons. The molecule has 0 fully saturated rings. The van der Waals surface area contributed by atoms with Gasteiger partial charge < -0.3 is 44.2 Å². The summed E-state index contributed by atoms with van der Waals surface area (Å²) in [7, 11) is 0. The van der Waals surface area contributed by atoms with Crippen LogP contribution in [-0.4, -0.2) is 96.3 Å². The van der Waals surface area contributed by atoms with Gasteiger partial charge in [-0.25, -0.2) is 66.2 Å². The van der Waals surface area contributed by atoms with Crippen LogP contribution in [0.4, 0.5) is 53.4 Å². The number of nitrogens with zero attached hydrogens (tertiary/aromatic N) is 12. The number of carbonyl (C=O) groups is 3. The van der Waals surface area contributed by atoms with Gasteiger partial charge in [-0.15, -0.1) is 0 Å². The minimum absolute atomic E-state index is 0.0515. The van der Waals surface area contributed by atoms with Gasteiger partial charge in [0.05, 0.1) is 41.7 Å². The van der Waals surface area contributed by atoms with Gasteiger partial charge in [0.15, 0.2) is 34.9 Å². The van der Waals surface area contributed by atoms with Crippen molar-refractivity contribution in [1.82, 2.24) is 60.1 Å². The maximum absolute atomic E-state index is 13.4. The van der Waals surface area contributed by atoms with Crippen LogP contribution in [0.15, 0.2) is 117 Å². The number of amides is 6. The van der Waals surface area contributed by atoms with Crippen LogP contribution in [0, 0.1) is 36.0 Å². The highest BCUT2D eigenvalue weighted by atomic mass is 35.5. The number of fused-ring (bicyclic) bond motifs is 3. The number of hydrogen-bond donors (Lipinski definition) is 3. The molecule has 6 aromatic heterocycles. The lowest BCUT2D eigenvalue weighted by Crippen LogP contribution is -2.44. The summed E-state index contributed by atoms with van der Waals surface area (Å²) in [4.78, 5) is 68.1. The first-order valence-corrected chi connectivity index (χ1v) is 25.7. The highest BCUT2D eigenvalue weighted by Crippen LogP contribution is 2.35. The molecular formula is C55H47ClF5N15O6. The van der Waals surface area contributed by atoms with Gasteiger partial charge in [-0.05, 0) is 87.9 Å². The van der Waals surface area contributed by atoms with Gasteiger partial charge in [0, 0.05) is 120 Å². The molecule has 0 saturated carbocycles. The van der Waals surface area contributed by atoms with E-state index in [1.807, 2.05) is 20.8 Å². The number of halogens is 6. The molecule has 0 spiro atoms. The van der Waals surface area contributed by atoms with Gasteiger partial charge in [-0.2, -0.15) is 0 Å². The third-order valence-corrected chi connectivity index (χ3v) is 13.9. The van der Waals surface area contributed by atoms with Crippen LogP contribution in [0.1, 0.15) is 60.1 Å². The molecular weight excluding hydrogens is 1100 g/mol. The number of rotatable bonds is 6. The fourth-order valence-electron chi connectivity index (χ4n) is 9.25. The molecule has 9 aromatic rings. The zero-order valence-electron chi connectivity index (χ0n) is 43.9. The molecule has 6 amide bonds. The summed E-state index contributed by atoms with van der Waals surface area (Å²) >= 11 is 5.78. The molecule has 82 heavy (non-hydrogen) atoms. The molecule has 3 N–H and O–H groups in total. The van der Waals surface area contributed by atoms with E-state index in [9.17, 15) is 36.3 Å². The summed E-state index contributed by atoms with van der Waals surface area (Å²) < 4.78 is 82.9. The molecule has 3 atom stereocenters. The maximum Gasteiger partial charge on any atom is 0.322 e. The second-order valence-corrected chi connectivity index (χ2v) is 19.6. The monoisotopic (exact) mass is 1140 g/mol. The van der Waals surface area contributed by atoms with Crippen LogP contribution in [0.5, 0.6) is 0 Å². The van der Waals surface area contributed by atoms with Crippen molar-refractivity contribution in [3.8, 4) is 34.8 Å². The van der Waals surface area contributed by atoms with Gasteiger partial charge in [0.25, 0.3) is 0 Å². The zero-order chi connectivity index (χ0) is 57.8. The topological polar surface area (TPSA) is 252 Å². The second kappa shape index (κ2) is 23.9. The Bertz CT molecular complexity index is 3620. The molecule has 12 rings (SSSR count). The first-order chi connectivity index (χ1) is 39.5. The van der Waals surface area contributed by atoms with Crippen molar-refractivity contribution < 1.29 is 49.9 Å². The number of benzene rings is 3. The quantitative estimate of drug-likeness (QED) is 0.103. The predicted molar refractivity (Wildman–Crippen MR) is 285 cm³/mol. The number of hydrogen-bond acceptors (Lipinski definition) is 15. The first-order valence-electron chi connectivity index (χ1n) is 25.3. The van der Waals surface area contributed by atoms with E-state index in [0.717, 1.165) is 34.6 Å². The maximum atomic E-state index is 13.4. The highest BCUT2D eigenvalue weighted by Gasteiger charge is 2.36. The molecule has 3 aliphatic rings. The molecule has 3 unspecified atom stereocenters. The van der Waals surface area contributed by atoms with E-state index in [0.29, 0.717) is 95.3 Å². The minimum atomic E-state index is -1.59. The van der Waals surface area contributed by atoms with Crippen molar-refractivity contribution in [2.45, 2.75) is 84.7 Å². The number of anilines is 3. The Morgan fingerprint density at radius 3 is 1.18 bits per heavy atom. The lowest BCUT2D eigenvalue weighted by atomic mass is 10.00. The highest BCUT2D eigenvalue weighted by molar-refractivity contribution is 6.31. The Hall–Kier alpha value is -9.72. The lowest BCUT2D eigenvalue weighted by molar-refractivity contribution is 0.181. The van der Waals surface area contributed by atoms with Gasteiger partial charge in [-0.1, -0.05) is 27.1 Å². The summed E-state index contributed by atoms with van der Waals surface area (Å²) in [6, 6.07) is 13.5. The molecule has 0 bridgehead atoms. The average Bonchev–Trinajstić information content (AvgIpc) is 4.30. The van der Waals surface area contributed by atoms with Crippen LogP contribution in [-0.2, 0) is 38.9 Å². The third-order valence-electron chi connectivity index (χ3n) is 13.6. The molecule has 420 valence electrons. The van der Waals surface area contributed by atoms with E-state index in [-0.39, 0.29) is 53.3 Å². The fourth-order valence-corrected chi connectivity index (χ4v) is 9.43.